The Morgan fingerprint density at radius 1 is 1.33 bits per heavy atom. The molecule has 21 heavy (non-hydrogen) atoms. The first-order chi connectivity index (χ1) is 9.91. The van der Waals surface area contributed by atoms with Crippen molar-refractivity contribution in [2.75, 3.05) is 19.7 Å². The number of hydrogen-bond acceptors (Lipinski definition) is 4. The van der Waals surface area contributed by atoms with Crippen molar-refractivity contribution >= 4 is 31.9 Å². The molecule has 0 aliphatic carbocycles. The lowest BCUT2D eigenvalue weighted by molar-refractivity contribution is -0.145. The van der Waals surface area contributed by atoms with Crippen molar-refractivity contribution in [3.05, 3.63) is 28.7 Å². The van der Waals surface area contributed by atoms with Crippen LogP contribution < -0.4 is 0 Å². The van der Waals surface area contributed by atoms with Gasteiger partial charge in [0.25, 0.3) is 0 Å². The Morgan fingerprint density at radius 2 is 1.95 bits per heavy atom. The van der Waals surface area contributed by atoms with Crippen LogP contribution in [0, 0.1) is 0 Å². The highest BCUT2D eigenvalue weighted by atomic mass is 79.9. The summed E-state index contributed by atoms with van der Waals surface area (Å²) in [6.07, 6.45) is 0.792. The van der Waals surface area contributed by atoms with Gasteiger partial charge in [0.2, 0.25) is 10.0 Å². The number of carboxylic acids is 1. The minimum absolute atomic E-state index is 0.202. The van der Waals surface area contributed by atoms with E-state index in [9.17, 15) is 13.2 Å². The highest BCUT2D eigenvalue weighted by Gasteiger charge is 2.30. The number of hydrogen-bond donors (Lipinski definition) is 1. The van der Waals surface area contributed by atoms with Gasteiger partial charge in [0.15, 0.2) is 0 Å². The lowest BCUT2D eigenvalue weighted by atomic mass is 10.1. The standard InChI is InChI=1S/C13H16BrNO5S/c14-11-3-1-2-4-12(11)21(18,19)15-7-5-10(6-8-15)20-9-13(16)17/h1-4,10H,5-9H2,(H,16,17). The van der Waals surface area contributed by atoms with Crippen molar-refractivity contribution in [3.8, 4) is 0 Å². The molecule has 1 heterocycles. The monoisotopic (exact) mass is 377 g/mol. The molecule has 116 valence electrons. The Bertz CT molecular complexity index is 611. The Morgan fingerprint density at radius 3 is 2.52 bits per heavy atom. The molecule has 1 aliphatic rings. The number of benzene rings is 1. The van der Waals surface area contributed by atoms with Crippen molar-refractivity contribution in [2.24, 2.45) is 0 Å². The van der Waals surface area contributed by atoms with E-state index in [4.69, 9.17) is 9.84 Å². The normalized spacial score (nSPS) is 17.8. The lowest BCUT2D eigenvalue weighted by Crippen LogP contribution is -2.41. The summed E-state index contributed by atoms with van der Waals surface area (Å²) in [5.74, 6) is -1.02. The van der Waals surface area contributed by atoms with E-state index < -0.39 is 16.0 Å². The molecule has 8 heteroatoms. The van der Waals surface area contributed by atoms with Gasteiger partial charge in [-0.1, -0.05) is 12.1 Å². The predicted octanol–water partition coefficient (Wildman–Crippen LogP) is 1.70. The summed E-state index contributed by atoms with van der Waals surface area (Å²) in [7, 11) is -3.53. The molecule has 1 N–H and O–H groups in total. The van der Waals surface area contributed by atoms with Gasteiger partial charge in [0.05, 0.1) is 11.0 Å². The summed E-state index contributed by atoms with van der Waals surface area (Å²) >= 11 is 3.26. The molecule has 1 aliphatic heterocycles. The van der Waals surface area contributed by atoms with Crippen LogP contribution in [0.3, 0.4) is 0 Å². The molecule has 6 nitrogen and oxygen atoms in total. The molecular weight excluding hydrogens is 362 g/mol. The number of carboxylic acid groups (broad SMARTS) is 1. The summed E-state index contributed by atoms with van der Waals surface area (Å²) in [6, 6.07) is 6.69. The summed E-state index contributed by atoms with van der Waals surface area (Å²) in [5.41, 5.74) is 0. The second-order valence-corrected chi connectivity index (χ2v) is 7.50. The maximum Gasteiger partial charge on any atom is 0.329 e. The summed E-state index contributed by atoms with van der Waals surface area (Å²) < 4.78 is 32.2. The van der Waals surface area contributed by atoms with Gasteiger partial charge in [0.1, 0.15) is 6.61 Å². The number of aliphatic carboxylic acids is 1. The van der Waals surface area contributed by atoms with Crippen molar-refractivity contribution in [1.82, 2.24) is 4.31 Å². The first-order valence-electron chi connectivity index (χ1n) is 6.49. The van der Waals surface area contributed by atoms with Gasteiger partial charge in [-0.3, -0.25) is 0 Å². The van der Waals surface area contributed by atoms with Crippen LogP contribution in [0.1, 0.15) is 12.8 Å². The molecule has 0 unspecified atom stereocenters. The van der Waals surface area contributed by atoms with Gasteiger partial charge in [0, 0.05) is 17.6 Å². The number of sulfonamides is 1. The van der Waals surface area contributed by atoms with Gasteiger partial charge < -0.3 is 9.84 Å². The predicted molar refractivity (Wildman–Crippen MR) is 79.5 cm³/mol. The number of piperidine rings is 1. The molecule has 1 aromatic rings. The second kappa shape index (κ2) is 6.87. The van der Waals surface area contributed by atoms with Crippen molar-refractivity contribution in [1.29, 1.82) is 0 Å². The molecule has 1 aromatic carbocycles. The highest BCUT2D eigenvalue weighted by molar-refractivity contribution is 9.10. The Labute approximate surface area is 131 Å². The van der Waals surface area contributed by atoms with E-state index in [0.29, 0.717) is 30.4 Å². The minimum atomic E-state index is -3.53. The molecular formula is C13H16BrNO5S. The van der Waals surface area contributed by atoms with Gasteiger partial charge >= 0.3 is 5.97 Å². The van der Waals surface area contributed by atoms with E-state index in [2.05, 4.69) is 15.9 Å². The van der Waals surface area contributed by atoms with E-state index in [1.54, 1.807) is 24.3 Å². The molecule has 0 spiro atoms. The van der Waals surface area contributed by atoms with Crippen LogP contribution in [0.15, 0.2) is 33.6 Å². The summed E-state index contributed by atoms with van der Waals surface area (Å²) in [4.78, 5) is 10.7. The molecule has 0 saturated carbocycles. The van der Waals surface area contributed by atoms with E-state index in [1.807, 2.05) is 0 Å². The number of rotatable bonds is 5. The molecule has 1 fully saturated rings. The number of ether oxygens (including phenoxy) is 1. The average Bonchev–Trinajstić information content (AvgIpc) is 2.46. The van der Waals surface area contributed by atoms with E-state index >= 15 is 0 Å². The highest BCUT2D eigenvalue weighted by Crippen LogP contribution is 2.27. The first kappa shape index (κ1) is 16.4. The zero-order valence-electron chi connectivity index (χ0n) is 11.2. The lowest BCUT2D eigenvalue weighted by Gasteiger charge is -2.31. The number of halogens is 1. The molecule has 0 atom stereocenters. The van der Waals surface area contributed by atoms with Crippen LogP contribution in [-0.4, -0.2) is 49.6 Å². The molecule has 0 aromatic heterocycles. The molecule has 0 bridgehead atoms. The molecule has 0 radical (unpaired) electrons. The molecule has 1 saturated heterocycles. The van der Waals surface area contributed by atoms with Gasteiger partial charge in [-0.25, -0.2) is 13.2 Å². The van der Waals surface area contributed by atoms with E-state index in [0.717, 1.165) is 0 Å². The molecule has 2 rings (SSSR count). The minimum Gasteiger partial charge on any atom is -0.480 e. The summed E-state index contributed by atoms with van der Waals surface area (Å²) in [5, 5.41) is 8.57. The van der Waals surface area contributed by atoms with Gasteiger partial charge in [-0.05, 0) is 40.9 Å². The zero-order chi connectivity index (χ0) is 15.5. The fraction of sp³-hybridized carbons (Fsp3) is 0.462. The first-order valence-corrected chi connectivity index (χ1v) is 8.72. The average molecular weight is 378 g/mol. The van der Waals surface area contributed by atoms with Crippen molar-refractivity contribution < 1.29 is 23.1 Å². The fourth-order valence-electron chi connectivity index (χ4n) is 2.22. The largest absolute Gasteiger partial charge is 0.480 e. The molecule has 0 amide bonds. The maximum absolute atomic E-state index is 12.5. The number of carbonyl (C=O) groups is 1. The van der Waals surface area contributed by atoms with Gasteiger partial charge in [-0.15, -0.1) is 0 Å². The fourth-order valence-corrected chi connectivity index (χ4v) is 4.65. The van der Waals surface area contributed by atoms with Crippen LogP contribution in [-0.2, 0) is 19.6 Å². The third kappa shape index (κ3) is 4.03. The second-order valence-electron chi connectivity index (χ2n) is 4.74. The third-order valence-electron chi connectivity index (χ3n) is 3.30. The number of nitrogens with zero attached hydrogens (tertiary/aromatic N) is 1. The summed E-state index contributed by atoms with van der Waals surface area (Å²) in [6.45, 7) is 0.309. The van der Waals surface area contributed by atoms with Crippen LogP contribution in [0.4, 0.5) is 0 Å². The Balaban J connectivity index is 2.01. The topological polar surface area (TPSA) is 83.9 Å². The SMILES string of the molecule is O=C(O)COC1CCN(S(=O)(=O)c2ccccc2Br)CC1. The quantitative estimate of drug-likeness (QED) is 0.843. The van der Waals surface area contributed by atoms with Crippen molar-refractivity contribution in [3.63, 3.8) is 0 Å². The maximum atomic E-state index is 12.5. The Kier molecular flexibility index (Phi) is 5.37. The van der Waals surface area contributed by atoms with Crippen LogP contribution >= 0.6 is 15.9 Å². The van der Waals surface area contributed by atoms with Crippen LogP contribution in [0.5, 0.6) is 0 Å². The smallest absolute Gasteiger partial charge is 0.329 e. The zero-order valence-corrected chi connectivity index (χ0v) is 13.6. The Hall–Kier alpha value is -0.960. The van der Waals surface area contributed by atoms with Crippen LogP contribution in [0.25, 0.3) is 0 Å². The van der Waals surface area contributed by atoms with Crippen molar-refractivity contribution in [2.45, 2.75) is 23.8 Å². The van der Waals surface area contributed by atoms with Crippen LogP contribution in [0.2, 0.25) is 0 Å². The van der Waals surface area contributed by atoms with Gasteiger partial charge in [-0.2, -0.15) is 4.31 Å². The third-order valence-corrected chi connectivity index (χ3v) is 6.21. The van der Waals surface area contributed by atoms with E-state index in [-0.39, 0.29) is 17.6 Å². The van der Waals surface area contributed by atoms with E-state index in [1.165, 1.54) is 4.31 Å².